The molecule has 0 spiro atoms. The van der Waals surface area contributed by atoms with Gasteiger partial charge in [-0.05, 0) is 43.5 Å². The Balaban J connectivity index is 1.80. The number of amides is 1. The fourth-order valence-electron chi connectivity index (χ4n) is 2.75. The minimum Gasteiger partial charge on any atom is -0.457 e. The van der Waals surface area contributed by atoms with Gasteiger partial charge in [0.15, 0.2) is 0 Å². The molecule has 1 aliphatic rings. The second kappa shape index (κ2) is 7.50. The summed E-state index contributed by atoms with van der Waals surface area (Å²) in [6, 6.07) is 13.4. The van der Waals surface area contributed by atoms with E-state index in [-0.39, 0.29) is 11.5 Å². The third-order valence-corrected chi connectivity index (χ3v) is 4.56. The Morgan fingerprint density at radius 3 is 2.50 bits per heavy atom. The molecule has 1 amide bonds. The van der Waals surface area contributed by atoms with Crippen LogP contribution in [0.3, 0.4) is 0 Å². The highest BCUT2D eigenvalue weighted by Gasteiger charge is 2.20. The maximum absolute atomic E-state index is 12.4. The fourth-order valence-corrected chi connectivity index (χ4v) is 3.02. The van der Waals surface area contributed by atoms with Crippen molar-refractivity contribution in [3.05, 3.63) is 52.2 Å². The molecule has 122 valence electrons. The van der Waals surface area contributed by atoms with Crippen LogP contribution in [0.1, 0.15) is 25.0 Å². The number of benzene rings is 1. The molecule has 0 unspecified atom stereocenters. The minimum atomic E-state index is -0.209. The van der Waals surface area contributed by atoms with E-state index in [9.17, 15) is 10.1 Å². The molecule has 0 aliphatic carbocycles. The van der Waals surface area contributed by atoms with Gasteiger partial charge in [0, 0.05) is 29.2 Å². The SMILES string of the molecule is N#CC(=Cc1ccc(-c2ccc(Br)cc2)o1)C(=O)N1CCCCC1. The Morgan fingerprint density at radius 1 is 1.12 bits per heavy atom. The average molecular weight is 385 g/mol. The van der Waals surface area contributed by atoms with Gasteiger partial charge in [0.25, 0.3) is 5.91 Å². The summed E-state index contributed by atoms with van der Waals surface area (Å²) in [6.45, 7) is 1.44. The third-order valence-electron chi connectivity index (χ3n) is 4.04. The van der Waals surface area contributed by atoms with Crippen molar-refractivity contribution in [3.8, 4) is 17.4 Å². The van der Waals surface area contributed by atoms with Crippen LogP contribution >= 0.6 is 15.9 Å². The van der Waals surface area contributed by atoms with E-state index >= 15 is 0 Å². The van der Waals surface area contributed by atoms with E-state index in [1.54, 1.807) is 11.0 Å². The van der Waals surface area contributed by atoms with Gasteiger partial charge in [-0.25, -0.2) is 0 Å². The molecule has 0 atom stereocenters. The van der Waals surface area contributed by atoms with E-state index in [2.05, 4.69) is 15.9 Å². The lowest BCUT2D eigenvalue weighted by Crippen LogP contribution is -2.36. The number of likely N-dealkylation sites (tertiary alicyclic amines) is 1. The zero-order chi connectivity index (χ0) is 16.9. The molecular weight excluding hydrogens is 368 g/mol. The van der Waals surface area contributed by atoms with E-state index < -0.39 is 0 Å². The Labute approximate surface area is 149 Å². The number of rotatable bonds is 3. The molecule has 0 saturated carbocycles. The lowest BCUT2D eigenvalue weighted by Gasteiger charge is -2.26. The van der Waals surface area contributed by atoms with Gasteiger partial charge >= 0.3 is 0 Å². The van der Waals surface area contributed by atoms with Crippen LogP contribution in [-0.2, 0) is 4.79 Å². The standard InChI is InChI=1S/C19H17BrN2O2/c20-16-6-4-14(5-7-16)18-9-8-17(24-18)12-15(13-21)19(23)22-10-2-1-3-11-22/h4-9,12H,1-3,10-11H2. The predicted octanol–water partition coefficient (Wildman–Crippen LogP) is 4.63. The van der Waals surface area contributed by atoms with Gasteiger partial charge in [-0.15, -0.1) is 0 Å². The second-order valence-corrected chi connectivity index (χ2v) is 6.65. The molecule has 1 aromatic heterocycles. The average Bonchev–Trinajstić information content (AvgIpc) is 3.09. The van der Waals surface area contributed by atoms with Gasteiger partial charge in [0.1, 0.15) is 23.2 Å². The maximum Gasteiger partial charge on any atom is 0.264 e. The zero-order valence-electron chi connectivity index (χ0n) is 13.2. The normalized spacial score (nSPS) is 15.2. The first-order chi connectivity index (χ1) is 11.7. The van der Waals surface area contributed by atoms with Gasteiger partial charge in [-0.1, -0.05) is 28.1 Å². The van der Waals surface area contributed by atoms with Crippen LogP contribution in [0, 0.1) is 11.3 Å². The highest BCUT2D eigenvalue weighted by molar-refractivity contribution is 9.10. The van der Waals surface area contributed by atoms with Crippen LogP contribution in [0.25, 0.3) is 17.4 Å². The van der Waals surface area contributed by atoms with Gasteiger partial charge < -0.3 is 9.32 Å². The number of hydrogen-bond acceptors (Lipinski definition) is 3. The fraction of sp³-hybridized carbons (Fsp3) is 0.263. The lowest BCUT2D eigenvalue weighted by atomic mass is 10.1. The number of halogens is 1. The van der Waals surface area contributed by atoms with Crippen LogP contribution in [-0.4, -0.2) is 23.9 Å². The molecule has 4 nitrogen and oxygen atoms in total. The molecule has 24 heavy (non-hydrogen) atoms. The first kappa shape index (κ1) is 16.5. The van der Waals surface area contributed by atoms with E-state index in [1.165, 1.54) is 6.08 Å². The molecule has 3 rings (SSSR count). The summed E-state index contributed by atoms with van der Waals surface area (Å²) in [7, 11) is 0. The summed E-state index contributed by atoms with van der Waals surface area (Å²) in [4.78, 5) is 14.2. The number of hydrogen-bond donors (Lipinski definition) is 0. The summed E-state index contributed by atoms with van der Waals surface area (Å²) >= 11 is 3.40. The topological polar surface area (TPSA) is 57.2 Å². The number of carbonyl (C=O) groups excluding carboxylic acids is 1. The lowest BCUT2D eigenvalue weighted by molar-refractivity contribution is -0.127. The number of nitriles is 1. The molecule has 5 heteroatoms. The van der Waals surface area contributed by atoms with Crippen molar-refractivity contribution in [1.82, 2.24) is 4.90 Å². The summed E-state index contributed by atoms with van der Waals surface area (Å²) < 4.78 is 6.76. The summed E-state index contributed by atoms with van der Waals surface area (Å²) in [5.41, 5.74) is 1.06. The van der Waals surface area contributed by atoms with Crippen LogP contribution in [0.15, 0.2) is 50.9 Å². The number of furan rings is 1. The number of carbonyl (C=O) groups is 1. The first-order valence-electron chi connectivity index (χ1n) is 7.94. The molecule has 1 saturated heterocycles. The third kappa shape index (κ3) is 3.77. The van der Waals surface area contributed by atoms with Crippen molar-refractivity contribution < 1.29 is 9.21 Å². The quantitative estimate of drug-likeness (QED) is 0.572. The monoisotopic (exact) mass is 384 g/mol. The van der Waals surface area contributed by atoms with E-state index in [4.69, 9.17) is 4.42 Å². The van der Waals surface area contributed by atoms with E-state index in [0.717, 1.165) is 42.4 Å². The van der Waals surface area contributed by atoms with Crippen molar-refractivity contribution >= 4 is 27.9 Å². The molecule has 0 N–H and O–H groups in total. The maximum atomic E-state index is 12.4. The van der Waals surface area contributed by atoms with Gasteiger partial charge in [0.05, 0.1) is 0 Å². The van der Waals surface area contributed by atoms with Crippen LogP contribution in [0.4, 0.5) is 0 Å². The van der Waals surface area contributed by atoms with Crippen molar-refractivity contribution in [2.24, 2.45) is 0 Å². The van der Waals surface area contributed by atoms with E-state index in [1.807, 2.05) is 36.4 Å². The molecule has 1 aromatic carbocycles. The van der Waals surface area contributed by atoms with Gasteiger partial charge in [-0.3, -0.25) is 4.79 Å². The number of nitrogens with zero attached hydrogens (tertiary/aromatic N) is 2. The summed E-state index contributed by atoms with van der Waals surface area (Å²) in [6.07, 6.45) is 4.67. The molecular formula is C19H17BrN2O2. The van der Waals surface area contributed by atoms with Crippen molar-refractivity contribution in [2.75, 3.05) is 13.1 Å². The van der Waals surface area contributed by atoms with E-state index in [0.29, 0.717) is 11.5 Å². The molecule has 1 aliphatic heterocycles. The van der Waals surface area contributed by atoms with Crippen molar-refractivity contribution in [1.29, 1.82) is 5.26 Å². The van der Waals surface area contributed by atoms with Gasteiger partial charge in [0.2, 0.25) is 0 Å². The minimum absolute atomic E-state index is 0.119. The zero-order valence-corrected chi connectivity index (χ0v) is 14.8. The Bertz CT molecular complexity index is 794. The van der Waals surface area contributed by atoms with Crippen molar-refractivity contribution in [2.45, 2.75) is 19.3 Å². The van der Waals surface area contributed by atoms with Crippen molar-refractivity contribution in [3.63, 3.8) is 0 Å². The molecule has 0 radical (unpaired) electrons. The Morgan fingerprint density at radius 2 is 1.83 bits per heavy atom. The molecule has 2 heterocycles. The smallest absolute Gasteiger partial charge is 0.264 e. The Kier molecular flexibility index (Phi) is 5.17. The van der Waals surface area contributed by atoms with Crippen LogP contribution in [0.5, 0.6) is 0 Å². The Hall–Kier alpha value is -2.32. The molecule has 1 fully saturated rings. The highest BCUT2D eigenvalue weighted by Crippen LogP contribution is 2.25. The molecule has 0 bridgehead atoms. The first-order valence-corrected chi connectivity index (χ1v) is 8.73. The predicted molar refractivity (Wildman–Crippen MR) is 95.9 cm³/mol. The summed E-state index contributed by atoms with van der Waals surface area (Å²) in [5, 5.41) is 9.33. The highest BCUT2D eigenvalue weighted by atomic mass is 79.9. The largest absolute Gasteiger partial charge is 0.457 e. The van der Waals surface area contributed by atoms with Crippen LogP contribution in [0.2, 0.25) is 0 Å². The second-order valence-electron chi connectivity index (χ2n) is 5.73. The van der Waals surface area contributed by atoms with Gasteiger partial charge in [-0.2, -0.15) is 5.26 Å². The van der Waals surface area contributed by atoms with Crippen LogP contribution < -0.4 is 0 Å². The summed E-state index contributed by atoms with van der Waals surface area (Å²) in [5.74, 6) is 1.00. The number of piperidine rings is 1. The molecule has 2 aromatic rings.